The Bertz CT molecular complexity index is 541. The Hall–Kier alpha value is -1.23. The van der Waals surface area contributed by atoms with Gasteiger partial charge in [-0.1, -0.05) is 13.0 Å². The van der Waals surface area contributed by atoms with Crippen LogP contribution in [0.4, 0.5) is 0 Å². The predicted molar refractivity (Wildman–Crippen MR) is 92.9 cm³/mol. The molecule has 2 aromatic rings. The van der Waals surface area contributed by atoms with E-state index >= 15 is 0 Å². The van der Waals surface area contributed by atoms with Crippen molar-refractivity contribution in [1.29, 1.82) is 0 Å². The van der Waals surface area contributed by atoms with E-state index in [2.05, 4.69) is 51.4 Å². The van der Waals surface area contributed by atoms with E-state index in [0.29, 0.717) is 6.04 Å². The molecule has 0 amide bonds. The van der Waals surface area contributed by atoms with Crippen LogP contribution in [0.15, 0.2) is 42.0 Å². The smallest absolute Gasteiger partial charge is 0.0332 e. The second-order valence-corrected chi connectivity index (χ2v) is 7.06. The molecule has 0 aliphatic carbocycles. The lowest BCUT2D eigenvalue weighted by Gasteiger charge is -2.30. The molecule has 1 atom stereocenters. The van der Waals surface area contributed by atoms with Crippen molar-refractivity contribution in [3.05, 3.63) is 52.5 Å². The van der Waals surface area contributed by atoms with Gasteiger partial charge in [0, 0.05) is 42.9 Å². The van der Waals surface area contributed by atoms with Gasteiger partial charge in [-0.25, -0.2) is 0 Å². The molecule has 1 aliphatic rings. The van der Waals surface area contributed by atoms with E-state index in [0.717, 1.165) is 19.6 Å². The van der Waals surface area contributed by atoms with Crippen LogP contribution in [-0.4, -0.2) is 40.5 Å². The highest BCUT2D eigenvalue weighted by Gasteiger charge is 2.25. The number of thiophene rings is 1. The maximum atomic E-state index is 4.13. The molecule has 3 nitrogen and oxygen atoms in total. The number of aromatic nitrogens is 1. The summed E-state index contributed by atoms with van der Waals surface area (Å²) in [5.41, 5.74) is 1.35. The van der Waals surface area contributed by atoms with Crippen LogP contribution in [0.5, 0.6) is 0 Å². The highest BCUT2D eigenvalue weighted by Crippen LogP contribution is 2.21. The van der Waals surface area contributed by atoms with Crippen LogP contribution in [-0.2, 0) is 13.1 Å². The number of likely N-dealkylation sites (N-methyl/N-ethyl adjacent to an activating group) is 1. The Labute approximate surface area is 137 Å². The molecular weight excluding hydrogens is 290 g/mol. The fourth-order valence-electron chi connectivity index (χ4n) is 3.37. The van der Waals surface area contributed by atoms with Gasteiger partial charge in [-0.05, 0) is 55.1 Å². The molecule has 118 valence electrons. The molecular formula is C18H25N3S. The van der Waals surface area contributed by atoms with E-state index in [1.54, 1.807) is 0 Å². The quantitative estimate of drug-likeness (QED) is 0.778. The molecule has 1 aliphatic heterocycles. The van der Waals surface area contributed by atoms with Gasteiger partial charge in [0.25, 0.3) is 0 Å². The Morgan fingerprint density at radius 2 is 2.14 bits per heavy atom. The van der Waals surface area contributed by atoms with Gasteiger partial charge in [0.1, 0.15) is 0 Å². The average molecular weight is 315 g/mol. The van der Waals surface area contributed by atoms with Gasteiger partial charge in [0.05, 0.1) is 0 Å². The molecule has 0 N–H and O–H groups in total. The first-order chi connectivity index (χ1) is 10.8. The van der Waals surface area contributed by atoms with Crippen molar-refractivity contribution in [2.45, 2.75) is 38.9 Å². The summed E-state index contributed by atoms with van der Waals surface area (Å²) in [5, 5.41) is 2.17. The fourth-order valence-corrected chi connectivity index (χ4v) is 4.12. The highest BCUT2D eigenvalue weighted by atomic mass is 32.1. The summed E-state index contributed by atoms with van der Waals surface area (Å²) in [6.45, 7) is 7.94. The van der Waals surface area contributed by atoms with Gasteiger partial charge in [0.15, 0.2) is 0 Å². The number of rotatable bonds is 7. The van der Waals surface area contributed by atoms with E-state index in [9.17, 15) is 0 Å². The van der Waals surface area contributed by atoms with Crippen molar-refractivity contribution in [2.75, 3.05) is 19.6 Å². The monoisotopic (exact) mass is 315 g/mol. The second kappa shape index (κ2) is 7.86. The molecule has 2 aromatic heterocycles. The van der Waals surface area contributed by atoms with Crippen LogP contribution in [0.3, 0.4) is 0 Å². The lowest BCUT2D eigenvalue weighted by Crippen LogP contribution is -2.39. The zero-order chi connectivity index (χ0) is 15.2. The molecule has 3 heterocycles. The lowest BCUT2D eigenvalue weighted by molar-refractivity contribution is 0.167. The van der Waals surface area contributed by atoms with Gasteiger partial charge in [-0.15, -0.1) is 11.3 Å². The second-order valence-electron chi connectivity index (χ2n) is 6.03. The van der Waals surface area contributed by atoms with E-state index in [1.807, 2.05) is 23.7 Å². The van der Waals surface area contributed by atoms with Crippen molar-refractivity contribution in [2.24, 2.45) is 0 Å². The van der Waals surface area contributed by atoms with Crippen LogP contribution >= 0.6 is 11.3 Å². The third-order valence-corrected chi connectivity index (χ3v) is 5.35. The SMILES string of the molecule is CCN1CCC[C@@H]1CN(Cc1ccncc1)Cc1cccs1. The summed E-state index contributed by atoms with van der Waals surface area (Å²) in [7, 11) is 0. The van der Waals surface area contributed by atoms with Gasteiger partial charge in [-0.3, -0.25) is 14.8 Å². The largest absolute Gasteiger partial charge is 0.299 e. The minimum absolute atomic E-state index is 0.715. The molecule has 1 fully saturated rings. The topological polar surface area (TPSA) is 19.4 Å². The van der Waals surface area contributed by atoms with Crippen molar-refractivity contribution >= 4 is 11.3 Å². The summed E-state index contributed by atoms with van der Waals surface area (Å²) >= 11 is 1.86. The summed E-state index contributed by atoms with van der Waals surface area (Å²) in [6.07, 6.45) is 6.48. The fraction of sp³-hybridized carbons (Fsp3) is 0.500. The molecule has 22 heavy (non-hydrogen) atoms. The number of pyridine rings is 1. The minimum atomic E-state index is 0.715. The molecule has 4 heteroatoms. The van der Waals surface area contributed by atoms with E-state index in [1.165, 1.54) is 36.4 Å². The summed E-state index contributed by atoms with van der Waals surface area (Å²) in [6, 6.07) is 9.38. The van der Waals surface area contributed by atoms with E-state index in [-0.39, 0.29) is 0 Å². The van der Waals surface area contributed by atoms with Crippen molar-refractivity contribution < 1.29 is 0 Å². The Kier molecular flexibility index (Phi) is 5.59. The summed E-state index contributed by atoms with van der Waals surface area (Å²) in [4.78, 5) is 10.8. The number of nitrogens with zero attached hydrogens (tertiary/aromatic N) is 3. The standard InChI is InChI=1S/C18H25N3S/c1-2-21-11-3-5-17(21)14-20(15-18-6-4-12-22-18)13-16-7-9-19-10-8-16/h4,6-10,12,17H,2-3,5,11,13-15H2,1H3/t17-/m1/s1. The van der Waals surface area contributed by atoms with Gasteiger partial charge in [-0.2, -0.15) is 0 Å². The molecule has 0 spiro atoms. The van der Waals surface area contributed by atoms with E-state index in [4.69, 9.17) is 0 Å². The first-order valence-corrected chi connectivity index (χ1v) is 9.11. The zero-order valence-corrected chi connectivity index (χ0v) is 14.1. The Balaban J connectivity index is 1.68. The first kappa shape index (κ1) is 15.7. The van der Waals surface area contributed by atoms with Crippen molar-refractivity contribution in [1.82, 2.24) is 14.8 Å². The van der Waals surface area contributed by atoms with Crippen LogP contribution in [0.25, 0.3) is 0 Å². The van der Waals surface area contributed by atoms with Gasteiger partial charge >= 0.3 is 0 Å². The summed E-state index contributed by atoms with van der Waals surface area (Å²) < 4.78 is 0. The molecule has 0 saturated carbocycles. The van der Waals surface area contributed by atoms with Crippen LogP contribution < -0.4 is 0 Å². The first-order valence-electron chi connectivity index (χ1n) is 8.23. The van der Waals surface area contributed by atoms with Crippen LogP contribution in [0, 0.1) is 0 Å². The van der Waals surface area contributed by atoms with Crippen LogP contribution in [0.2, 0.25) is 0 Å². The zero-order valence-electron chi connectivity index (χ0n) is 13.3. The summed E-state index contributed by atoms with van der Waals surface area (Å²) in [5.74, 6) is 0. The minimum Gasteiger partial charge on any atom is -0.299 e. The van der Waals surface area contributed by atoms with Crippen LogP contribution in [0.1, 0.15) is 30.2 Å². The van der Waals surface area contributed by atoms with Gasteiger partial charge in [0.2, 0.25) is 0 Å². The molecule has 0 unspecified atom stereocenters. The third kappa shape index (κ3) is 4.15. The van der Waals surface area contributed by atoms with E-state index < -0.39 is 0 Å². The third-order valence-electron chi connectivity index (χ3n) is 4.49. The van der Waals surface area contributed by atoms with Gasteiger partial charge < -0.3 is 0 Å². The normalized spacial score (nSPS) is 19.1. The molecule has 0 radical (unpaired) electrons. The maximum absolute atomic E-state index is 4.13. The Morgan fingerprint density at radius 3 is 2.86 bits per heavy atom. The molecule has 3 rings (SSSR count). The number of likely N-dealkylation sites (tertiary alicyclic amines) is 1. The van der Waals surface area contributed by atoms with Crippen molar-refractivity contribution in [3.8, 4) is 0 Å². The number of hydrogen-bond acceptors (Lipinski definition) is 4. The molecule has 1 saturated heterocycles. The number of hydrogen-bond donors (Lipinski definition) is 0. The Morgan fingerprint density at radius 1 is 1.27 bits per heavy atom. The molecule has 0 bridgehead atoms. The average Bonchev–Trinajstić information content (AvgIpc) is 3.20. The highest BCUT2D eigenvalue weighted by molar-refractivity contribution is 7.09. The lowest BCUT2D eigenvalue weighted by atomic mass is 10.1. The maximum Gasteiger partial charge on any atom is 0.0332 e. The molecule has 0 aromatic carbocycles. The predicted octanol–water partition coefficient (Wildman–Crippen LogP) is 3.63. The van der Waals surface area contributed by atoms with Crippen molar-refractivity contribution in [3.63, 3.8) is 0 Å².